The molecule has 0 spiro atoms. The predicted molar refractivity (Wildman–Crippen MR) is 59.7 cm³/mol. The van der Waals surface area contributed by atoms with Crippen LogP contribution < -0.4 is 4.74 Å². The summed E-state index contributed by atoms with van der Waals surface area (Å²) in [4.78, 5) is 53.2. The number of rotatable bonds is 1. The number of carboxylic acids is 1. The molecule has 1 aromatic carbocycles. The van der Waals surface area contributed by atoms with Crippen LogP contribution in [0.25, 0.3) is 0 Å². The molecule has 0 atom stereocenters. The molecule has 8 heteroatoms. The highest BCUT2D eigenvalue weighted by atomic mass is 17.2. The van der Waals surface area contributed by atoms with Crippen LogP contribution in [-0.4, -0.2) is 29.0 Å². The van der Waals surface area contributed by atoms with Gasteiger partial charge in [-0.2, -0.15) is 0 Å². The molecule has 1 heterocycles. The van der Waals surface area contributed by atoms with Crippen molar-refractivity contribution in [2.75, 3.05) is 0 Å². The Labute approximate surface area is 111 Å². The van der Waals surface area contributed by atoms with Crippen molar-refractivity contribution in [1.29, 1.82) is 0 Å². The number of carbonyl (C=O) groups excluding carboxylic acids is 3. The molecular weight excluding hydrogens is 272 g/mol. The van der Waals surface area contributed by atoms with Gasteiger partial charge in [0.25, 0.3) is 0 Å². The van der Waals surface area contributed by atoms with E-state index in [4.69, 9.17) is 9.84 Å². The lowest BCUT2D eigenvalue weighted by atomic mass is 10.1. The molecule has 0 fully saturated rings. The van der Waals surface area contributed by atoms with Crippen molar-refractivity contribution in [3.63, 3.8) is 0 Å². The summed E-state index contributed by atoms with van der Waals surface area (Å²) >= 11 is 0. The molecule has 0 saturated heterocycles. The topological polar surface area (TPSA) is 116 Å². The van der Waals surface area contributed by atoms with Crippen LogP contribution in [0.2, 0.25) is 0 Å². The van der Waals surface area contributed by atoms with E-state index in [2.05, 4.69) is 9.78 Å². The Bertz CT molecular complexity index is 643. The van der Waals surface area contributed by atoms with Gasteiger partial charge in [-0.1, -0.05) is 0 Å². The van der Waals surface area contributed by atoms with E-state index in [-0.39, 0.29) is 16.9 Å². The van der Waals surface area contributed by atoms with E-state index in [1.54, 1.807) is 0 Å². The molecule has 0 unspecified atom stereocenters. The zero-order valence-electron chi connectivity index (χ0n) is 9.69. The van der Waals surface area contributed by atoms with E-state index < -0.39 is 23.9 Å². The monoisotopic (exact) mass is 278 g/mol. The van der Waals surface area contributed by atoms with Gasteiger partial charge in [-0.25, -0.2) is 29.0 Å². The fourth-order valence-electron chi connectivity index (χ4n) is 1.34. The van der Waals surface area contributed by atoms with E-state index in [1.165, 1.54) is 0 Å². The number of carbonyl (C=O) groups is 4. The van der Waals surface area contributed by atoms with Crippen LogP contribution in [0.4, 0.5) is 0 Å². The van der Waals surface area contributed by atoms with Gasteiger partial charge in [0.15, 0.2) is 0 Å². The lowest BCUT2D eigenvalue weighted by Gasteiger charge is -2.06. The maximum atomic E-state index is 11.5. The summed E-state index contributed by atoms with van der Waals surface area (Å²) in [6.07, 6.45) is 1.38. The second-order valence-electron chi connectivity index (χ2n) is 3.54. The maximum absolute atomic E-state index is 11.5. The largest absolute Gasteiger partial charge is 0.478 e. The third-order valence-electron chi connectivity index (χ3n) is 2.21. The smallest absolute Gasteiger partial charge is 0.386 e. The summed E-state index contributed by atoms with van der Waals surface area (Å²) in [6.45, 7) is 0. The summed E-state index contributed by atoms with van der Waals surface area (Å²) in [5, 5.41) is 8.95. The predicted octanol–water partition coefficient (Wildman–Crippen LogP) is 0.475. The minimum absolute atomic E-state index is 0.146. The van der Waals surface area contributed by atoms with E-state index in [1.807, 2.05) is 0 Å². The van der Waals surface area contributed by atoms with Gasteiger partial charge in [0.2, 0.25) is 0 Å². The number of hydrogen-bond acceptors (Lipinski definition) is 7. The Kier molecular flexibility index (Phi) is 3.47. The second kappa shape index (κ2) is 5.22. The van der Waals surface area contributed by atoms with Crippen molar-refractivity contribution in [2.24, 2.45) is 0 Å². The van der Waals surface area contributed by atoms with Gasteiger partial charge in [-0.05, 0) is 18.2 Å². The fraction of sp³-hybridized carbons (Fsp3) is 0. The number of esters is 1. The normalized spacial score (nSPS) is 16.3. The van der Waals surface area contributed by atoms with Gasteiger partial charge in [0.1, 0.15) is 11.3 Å². The Morgan fingerprint density at radius 3 is 2.40 bits per heavy atom. The van der Waals surface area contributed by atoms with Crippen molar-refractivity contribution in [3.05, 3.63) is 41.5 Å². The molecule has 0 saturated carbocycles. The summed E-state index contributed by atoms with van der Waals surface area (Å²) in [7, 11) is 0. The van der Waals surface area contributed by atoms with Gasteiger partial charge in [-0.15, -0.1) is 0 Å². The third-order valence-corrected chi connectivity index (χ3v) is 2.21. The highest BCUT2D eigenvalue weighted by Gasteiger charge is 2.20. The molecule has 0 aliphatic carbocycles. The first-order valence-corrected chi connectivity index (χ1v) is 5.17. The SMILES string of the molecule is O=C1/C=C/C(=O)Oc2cc(ccc2C(=O)O)C(=O)OO1. The van der Waals surface area contributed by atoms with Crippen molar-refractivity contribution in [1.82, 2.24) is 0 Å². The first-order chi connectivity index (χ1) is 9.47. The van der Waals surface area contributed by atoms with Crippen LogP contribution in [0.3, 0.4) is 0 Å². The molecule has 1 aliphatic rings. The quantitative estimate of drug-likeness (QED) is 0.447. The molecule has 2 rings (SSSR count). The lowest BCUT2D eigenvalue weighted by molar-refractivity contribution is -0.228. The molecule has 0 amide bonds. The highest BCUT2D eigenvalue weighted by Crippen LogP contribution is 2.22. The molecule has 20 heavy (non-hydrogen) atoms. The fourth-order valence-corrected chi connectivity index (χ4v) is 1.34. The summed E-state index contributed by atoms with van der Waals surface area (Å²) in [5.74, 6) is -4.84. The summed E-state index contributed by atoms with van der Waals surface area (Å²) in [5.41, 5.74) is -0.470. The van der Waals surface area contributed by atoms with Crippen LogP contribution in [-0.2, 0) is 19.4 Å². The van der Waals surface area contributed by atoms with Gasteiger partial charge in [-0.3, -0.25) is 0 Å². The third kappa shape index (κ3) is 2.80. The number of benzene rings is 1. The minimum atomic E-state index is -1.35. The van der Waals surface area contributed by atoms with Crippen LogP contribution >= 0.6 is 0 Å². The van der Waals surface area contributed by atoms with Crippen LogP contribution in [0.1, 0.15) is 20.7 Å². The number of hydrogen-bond donors (Lipinski definition) is 1. The van der Waals surface area contributed by atoms with Crippen LogP contribution in [0.5, 0.6) is 5.75 Å². The van der Waals surface area contributed by atoms with E-state index in [0.29, 0.717) is 12.2 Å². The lowest BCUT2D eigenvalue weighted by Crippen LogP contribution is -2.10. The molecule has 8 nitrogen and oxygen atoms in total. The van der Waals surface area contributed by atoms with E-state index >= 15 is 0 Å². The van der Waals surface area contributed by atoms with Crippen molar-refractivity contribution < 1.29 is 38.8 Å². The number of carboxylic acid groups (broad SMARTS) is 1. The average molecular weight is 278 g/mol. The molecule has 1 aromatic rings. The zero-order valence-corrected chi connectivity index (χ0v) is 9.69. The molecule has 2 bridgehead atoms. The molecule has 1 N–H and O–H groups in total. The van der Waals surface area contributed by atoms with Gasteiger partial charge >= 0.3 is 23.9 Å². The molecule has 0 aromatic heterocycles. The summed E-state index contributed by atoms with van der Waals surface area (Å²) in [6, 6.07) is 3.18. The first-order valence-electron chi connectivity index (χ1n) is 5.17. The highest BCUT2D eigenvalue weighted by molar-refractivity contribution is 5.98. The van der Waals surface area contributed by atoms with Crippen LogP contribution in [0.15, 0.2) is 30.4 Å². The van der Waals surface area contributed by atoms with Gasteiger partial charge in [0, 0.05) is 12.2 Å². The van der Waals surface area contributed by atoms with E-state index in [0.717, 1.165) is 18.2 Å². The maximum Gasteiger partial charge on any atom is 0.386 e. The summed E-state index contributed by atoms with van der Waals surface area (Å²) < 4.78 is 4.75. The number of ether oxygens (including phenoxy) is 1. The Hall–Kier alpha value is -3.16. The number of fused-ring (bicyclic) bond motifs is 2. The molecule has 0 radical (unpaired) electrons. The molecular formula is C12H6O8. The average Bonchev–Trinajstić information content (AvgIpc) is 2.42. The molecule has 1 aliphatic heterocycles. The van der Waals surface area contributed by atoms with Crippen LogP contribution in [0, 0.1) is 0 Å². The Balaban J connectivity index is 2.50. The Morgan fingerprint density at radius 2 is 1.70 bits per heavy atom. The standard InChI is InChI=1S/C12H6O8/c13-9-3-4-10(14)19-20-12(17)6-1-2-7(11(15)16)8(5-6)18-9/h1-5H,(H,15,16)/b4-3+. The minimum Gasteiger partial charge on any atom is -0.478 e. The van der Waals surface area contributed by atoms with Crippen molar-refractivity contribution in [2.45, 2.75) is 0 Å². The van der Waals surface area contributed by atoms with E-state index in [9.17, 15) is 19.2 Å². The van der Waals surface area contributed by atoms with Gasteiger partial charge < -0.3 is 9.84 Å². The van der Waals surface area contributed by atoms with Crippen molar-refractivity contribution in [3.8, 4) is 5.75 Å². The van der Waals surface area contributed by atoms with Gasteiger partial charge in [0.05, 0.1) is 5.56 Å². The molecule has 102 valence electrons. The second-order valence-corrected chi connectivity index (χ2v) is 3.54. The Morgan fingerprint density at radius 1 is 1.00 bits per heavy atom. The number of aromatic carboxylic acids is 1. The zero-order chi connectivity index (χ0) is 14.7. The first kappa shape index (κ1) is 13.3. The van der Waals surface area contributed by atoms with Crippen molar-refractivity contribution >= 4 is 23.9 Å².